The van der Waals surface area contributed by atoms with Crippen LogP contribution in [0.15, 0.2) is 18.2 Å². The van der Waals surface area contributed by atoms with Gasteiger partial charge in [-0.05, 0) is 18.2 Å². The maximum absolute atomic E-state index is 11.6. The molecule has 19 heavy (non-hydrogen) atoms. The first-order chi connectivity index (χ1) is 9.15. The number of amides is 2. The zero-order valence-electron chi connectivity index (χ0n) is 10.4. The van der Waals surface area contributed by atoms with Crippen LogP contribution in [0.2, 0.25) is 0 Å². The number of benzene rings is 1. The van der Waals surface area contributed by atoms with Gasteiger partial charge in [0.15, 0.2) is 0 Å². The third kappa shape index (κ3) is 2.72. The summed E-state index contributed by atoms with van der Waals surface area (Å²) in [6, 6.07) is 6.87. The summed E-state index contributed by atoms with van der Waals surface area (Å²) in [4.78, 5) is 24.4. The van der Waals surface area contributed by atoms with Gasteiger partial charge >= 0.3 is 0 Å². The molecule has 0 spiro atoms. The number of carbonyl (C=O) groups excluding carboxylic acids is 2. The molecule has 1 aromatic rings. The highest BCUT2D eigenvalue weighted by atomic mass is 16.5. The van der Waals surface area contributed by atoms with E-state index < -0.39 is 0 Å². The molecule has 0 atom stereocenters. The minimum atomic E-state index is -0.388. The van der Waals surface area contributed by atoms with Crippen LogP contribution in [-0.2, 0) is 20.9 Å². The second kappa shape index (κ2) is 5.50. The number of hydrogen-bond donors (Lipinski definition) is 0. The van der Waals surface area contributed by atoms with Crippen LogP contribution in [0.25, 0.3) is 0 Å². The van der Waals surface area contributed by atoms with Crippen LogP contribution in [0.1, 0.15) is 11.1 Å². The van der Waals surface area contributed by atoms with E-state index in [0.717, 1.165) is 4.90 Å². The number of nitriles is 1. The van der Waals surface area contributed by atoms with Crippen LogP contribution < -0.4 is 4.74 Å². The number of methoxy groups -OCH3 is 1. The van der Waals surface area contributed by atoms with E-state index in [2.05, 4.69) is 0 Å². The van der Waals surface area contributed by atoms with Gasteiger partial charge in [0, 0.05) is 5.56 Å². The molecule has 1 aliphatic rings. The average molecular weight is 260 g/mol. The third-order valence-electron chi connectivity index (χ3n) is 2.79. The molecule has 0 radical (unpaired) electrons. The van der Waals surface area contributed by atoms with E-state index in [1.807, 2.05) is 6.07 Å². The van der Waals surface area contributed by atoms with Crippen LogP contribution in [0.4, 0.5) is 0 Å². The van der Waals surface area contributed by atoms with Gasteiger partial charge in [-0.25, -0.2) is 0 Å². The smallest absolute Gasteiger partial charge is 0.255 e. The molecular formula is C13H12N2O4. The van der Waals surface area contributed by atoms with Crippen LogP contribution in [0, 0.1) is 11.3 Å². The number of morpholine rings is 1. The van der Waals surface area contributed by atoms with Crippen LogP contribution in [0.5, 0.6) is 5.75 Å². The summed E-state index contributed by atoms with van der Waals surface area (Å²) in [5.74, 6) is -0.243. The quantitative estimate of drug-likeness (QED) is 0.737. The molecule has 0 N–H and O–H groups in total. The molecule has 6 nitrogen and oxygen atoms in total. The summed E-state index contributed by atoms with van der Waals surface area (Å²) in [5, 5.41) is 8.88. The van der Waals surface area contributed by atoms with Crippen molar-refractivity contribution in [2.45, 2.75) is 6.54 Å². The van der Waals surface area contributed by atoms with E-state index in [-0.39, 0.29) is 31.6 Å². The third-order valence-corrected chi connectivity index (χ3v) is 2.79. The number of ether oxygens (including phenoxy) is 2. The molecule has 98 valence electrons. The number of hydrogen-bond acceptors (Lipinski definition) is 5. The van der Waals surface area contributed by atoms with Gasteiger partial charge in [-0.2, -0.15) is 5.26 Å². The first-order valence-electron chi connectivity index (χ1n) is 5.63. The summed E-state index contributed by atoms with van der Waals surface area (Å²) in [6.45, 7) is -0.127. The Morgan fingerprint density at radius 1 is 1.37 bits per heavy atom. The topological polar surface area (TPSA) is 79.6 Å². The molecule has 0 bridgehead atoms. The lowest BCUT2D eigenvalue weighted by Gasteiger charge is -2.25. The Hall–Kier alpha value is -2.39. The molecule has 1 heterocycles. The van der Waals surface area contributed by atoms with Crippen molar-refractivity contribution in [1.82, 2.24) is 4.90 Å². The van der Waals surface area contributed by atoms with Crippen molar-refractivity contribution >= 4 is 11.8 Å². The van der Waals surface area contributed by atoms with Gasteiger partial charge in [-0.3, -0.25) is 14.5 Å². The molecule has 0 unspecified atom stereocenters. The van der Waals surface area contributed by atoms with Gasteiger partial charge < -0.3 is 9.47 Å². The molecule has 0 aromatic heterocycles. The summed E-state index contributed by atoms with van der Waals surface area (Å²) >= 11 is 0. The van der Waals surface area contributed by atoms with Gasteiger partial charge in [0.05, 0.1) is 25.3 Å². The Balaban J connectivity index is 2.29. The monoisotopic (exact) mass is 260 g/mol. The van der Waals surface area contributed by atoms with E-state index in [9.17, 15) is 9.59 Å². The lowest BCUT2D eigenvalue weighted by Crippen LogP contribution is -2.45. The van der Waals surface area contributed by atoms with E-state index in [4.69, 9.17) is 14.7 Å². The lowest BCUT2D eigenvalue weighted by atomic mass is 10.1. The highest BCUT2D eigenvalue weighted by Gasteiger charge is 2.27. The molecule has 1 saturated heterocycles. The van der Waals surface area contributed by atoms with Crippen LogP contribution in [0.3, 0.4) is 0 Å². The standard InChI is InChI=1S/C13H12N2O4/c1-18-11-3-2-9(5-14)4-10(11)6-15-12(16)7-19-8-13(15)17/h2-4H,6-8H2,1H3. The first-order valence-corrected chi connectivity index (χ1v) is 5.63. The van der Waals surface area contributed by atoms with Gasteiger partial charge in [0.1, 0.15) is 19.0 Å². The van der Waals surface area contributed by atoms with Crippen molar-refractivity contribution in [3.63, 3.8) is 0 Å². The van der Waals surface area contributed by atoms with Crippen molar-refractivity contribution in [3.8, 4) is 11.8 Å². The number of carbonyl (C=O) groups is 2. The predicted octanol–water partition coefficient (Wildman–Crippen LogP) is 0.452. The fourth-order valence-electron chi connectivity index (χ4n) is 1.84. The Morgan fingerprint density at radius 3 is 2.63 bits per heavy atom. The molecule has 1 aromatic carbocycles. The van der Waals surface area contributed by atoms with Crippen molar-refractivity contribution < 1.29 is 19.1 Å². The zero-order valence-corrected chi connectivity index (χ0v) is 10.4. The van der Waals surface area contributed by atoms with E-state index >= 15 is 0 Å². The Kier molecular flexibility index (Phi) is 3.78. The van der Waals surface area contributed by atoms with E-state index in [1.54, 1.807) is 18.2 Å². The number of rotatable bonds is 3. The fraction of sp³-hybridized carbons (Fsp3) is 0.308. The zero-order chi connectivity index (χ0) is 13.8. The lowest BCUT2D eigenvalue weighted by molar-refractivity contribution is -0.159. The second-order valence-electron chi connectivity index (χ2n) is 4.00. The summed E-state index contributed by atoms with van der Waals surface area (Å²) in [7, 11) is 1.49. The van der Waals surface area contributed by atoms with Crippen molar-refractivity contribution in [3.05, 3.63) is 29.3 Å². The molecular weight excluding hydrogens is 248 g/mol. The minimum absolute atomic E-state index is 0.0831. The molecule has 2 rings (SSSR count). The Labute approximate surface area is 110 Å². The molecule has 0 saturated carbocycles. The normalized spacial score (nSPS) is 15.3. The van der Waals surface area contributed by atoms with Gasteiger partial charge in [0.2, 0.25) is 0 Å². The number of nitrogens with zero attached hydrogens (tertiary/aromatic N) is 2. The van der Waals surface area contributed by atoms with Crippen molar-refractivity contribution in [2.75, 3.05) is 20.3 Å². The SMILES string of the molecule is COc1ccc(C#N)cc1CN1C(=O)COCC1=O. The molecule has 1 aliphatic heterocycles. The first kappa shape index (κ1) is 13.1. The minimum Gasteiger partial charge on any atom is -0.496 e. The van der Waals surface area contributed by atoms with Gasteiger partial charge in [0.25, 0.3) is 11.8 Å². The molecule has 1 fully saturated rings. The van der Waals surface area contributed by atoms with Crippen molar-refractivity contribution in [2.24, 2.45) is 0 Å². The van der Waals surface area contributed by atoms with Gasteiger partial charge in [-0.15, -0.1) is 0 Å². The summed E-state index contributed by atoms with van der Waals surface area (Å²) < 4.78 is 10.0. The Bertz CT molecular complexity index is 546. The largest absolute Gasteiger partial charge is 0.496 e. The fourth-order valence-corrected chi connectivity index (χ4v) is 1.84. The average Bonchev–Trinajstić information content (AvgIpc) is 2.42. The van der Waals surface area contributed by atoms with Crippen LogP contribution >= 0.6 is 0 Å². The van der Waals surface area contributed by atoms with Gasteiger partial charge in [-0.1, -0.05) is 0 Å². The highest BCUT2D eigenvalue weighted by Crippen LogP contribution is 2.22. The summed E-state index contributed by atoms with van der Waals surface area (Å²) in [5.41, 5.74) is 1.06. The highest BCUT2D eigenvalue weighted by molar-refractivity contribution is 5.98. The summed E-state index contributed by atoms with van der Waals surface area (Å²) in [6.07, 6.45) is 0. The predicted molar refractivity (Wildman–Crippen MR) is 64.1 cm³/mol. The Morgan fingerprint density at radius 2 is 2.05 bits per heavy atom. The van der Waals surface area contributed by atoms with E-state index in [0.29, 0.717) is 16.9 Å². The van der Waals surface area contributed by atoms with Crippen molar-refractivity contribution in [1.29, 1.82) is 5.26 Å². The maximum atomic E-state index is 11.6. The second-order valence-corrected chi connectivity index (χ2v) is 4.00. The maximum Gasteiger partial charge on any atom is 0.255 e. The van der Waals surface area contributed by atoms with Crippen LogP contribution in [-0.4, -0.2) is 37.0 Å². The molecule has 0 aliphatic carbocycles. The van der Waals surface area contributed by atoms with E-state index in [1.165, 1.54) is 7.11 Å². The number of imide groups is 1. The molecule has 6 heteroatoms. The molecule has 2 amide bonds.